The quantitative estimate of drug-likeness (QED) is 0.149. The van der Waals surface area contributed by atoms with Crippen LogP contribution in [0.1, 0.15) is 5.56 Å². The van der Waals surface area contributed by atoms with Gasteiger partial charge in [0.05, 0.1) is 0 Å². The van der Waals surface area contributed by atoms with Crippen LogP contribution in [0.5, 0.6) is 0 Å². The van der Waals surface area contributed by atoms with Crippen LogP contribution in [0.25, 0.3) is 119 Å². The van der Waals surface area contributed by atoms with Crippen molar-refractivity contribution in [2.75, 3.05) is 12.4 Å². The number of anilines is 1. The van der Waals surface area contributed by atoms with Gasteiger partial charge >= 0.3 is 0 Å². The zero-order chi connectivity index (χ0) is 33.5. The average Bonchev–Trinajstić information content (AvgIpc) is 3.19. The highest BCUT2D eigenvalue weighted by Gasteiger charge is 2.24. The molecule has 0 unspecified atom stereocenters. The number of rotatable bonds is 3. The van der Waals surface area contributed by atoms with Gasteiger partial charge in [-0.05, 0) is 144 Å². The van der Waals surface area contributed by atoms with Crippen molar-refractivity contribution >= 4 is 103 Å². The number of benzene rings is 12. The van der Waals surface area contributed by atoms with E-state index in [1.165, 1.54) is 125 Å². The van der Waals surface area contributed by atoms with E-state index in [-0.39, 0.29) is 0 Å². The average molecular weight is 646 g/mol. The Morgan fingerprint density at radius 2 is 0.824 bits per heavy atom. The van der Waals surface area contributed by atoms with Gasteiger partial charge in [-0.2, -0.15) is 0 Å². The maximum Gasteiger partial charge on any atom is 0.0337 e. The lowest BCUT2D eigenvalue weighted by atomic mass is 9.79. The smallest absolute Gasteiger partial charge is 0.0337 e. The molecule has 12 aromatic carbocycles. The standard InChI is InChI=1S/C50H31N/c1-27-6-8-29(9-7-27)34-4-3-5-37-35(34)24-25-39-40-21-13-30-12-20-38-36-19-16-32(28-10-17-33(51-2)18-11-28)26-43(36)41-22-14-31-15-23-42(46(37)39)50-45(31)49(41)47(38)44(30)48(40)50/h3-26,51H,1-2H3. The molecule has 0 spiro atoms. The highest BCUT2D eigenvalue weighted by Crippen LogP contribution is 2.53. The van der Waals surface area contributed by atoms with Gasteiger partial charge in [0.25, 0.3) is 0 Å². The SMILES string of the molecule is CNc1ccc(-c2ccc3c(c2)c2ccc4ccc5c6c7cccc(-c8ccc(C)cc8)c7ccc6c6ccc7ccc3c3c7c6c5c4c23)cc1. The number of nitrogens with one attached hydrogen (secondary N) is 1. The second-order valence-corrected chi connectivity index (χ2v) is 14.5. The highest BCUT2D eigenvalue weighted by atomic mass is 14.8. The summed E-state index contributed by atoms with van der Waals surface area (Å²) in [4.78, 5) is 0. The molecule has 236 valence electrons. The van der Waals surface area contributed by atoms with Crippen molar-refractivity contribution in [2.24, 2.45) is 0 Å². The van der Waals surface area contributed by atoms with Crippen LogP contribution in [0.15, 0.2) is 146 Å². The molecule has 12 rings (SSSR count). The predicted molar refractivity (Wildman–Crippen MR) is 223 cm³/mol. The molecule has 1 nitrogen and oxygen atoms in total. The number of aryl methyl sites for hydroxylation is 1. The minimum atomic E-state index is 1.12. The van der Waals surface area contributed by atoms with Crippen molar-refractivity contribution in [2.45, 2.75) is 6.92 Å². The van der Waals surface area contributed by atoms with Crippen LogP contribution in [-0.4, -0.2) is 7.05 Å². The van der Waals surface area contributed by atoms with Crippen LogP contribution in [0, 0.1) is 6.92 Å². The fraction of sp³-hybridized carbons (Fsp3) is 0.0400. The molecule has 0 aromatic heterocycles. The van der Waals surface area contributed by atoms with Crippen molar-refractivity contribution in [1.29, 1.82) is 0 Å². The molecule has 0 amide bonds. The van der Waals surface area contributed by atoms with Gasteiger partial charge in [-0.25, -0.2) is 0 Å². The first-order valence-corrected chi connectivity index (χ1v) is 17.9. The number of hydrogen-bond acceptors (Lipinski definition) is 1. The van der Waals surface area contributed by atoms with E-state index in [1.807, 2.05) is 7.05 Å². The molecule has 0 aliphatic carbocycles. The first-order valence-electron chi connectivity index (χ1n) is 17.9. The molecule has 0 aliphatic rings. The van der Waals surface area contributed by atoms with Crippen molar-refractivity contribution < 1.29 is 0 Å². The third-order valence-electron chi connectivity index (χ3n) is 12.0. The van der Waals surface area contributed by atoms with Crippen LogP contribution in [-0.2, 0) is 0 Å². The Morgan fingerprint density at radius 1 is 0.333 bits per heavy atom. The van der Waals surface area contributed by atoms with Gasteiger partial charge in [0.15, 0.2) is 0 Å². The molecule has 0 aliphatic heterocycles. The van der Waals surface area contributed by atoms with Crippen molar-refractivity contribution in [3.8, 4) is 22.3 Å². The normalized spacial score (nSPS) is 12.5. The van der Waals surface area contributed by atoms with Crippen LogP contribution < -0.4 is 5.32 Å². The lowest BCUT2D eigenvalue weighted by Crippen LogP contribution is -1.95. The lowest BCUT2D eigenvalue weighted by molar-refractivity contribution is 1.47. The summed E-state index contributed by atoms with van der Waals surface area (Å²) in [6.45, 7) is 2.16. The summed E-state index contributed by atoms with van der Waals surface area (Å²) in [6, 6.07) is 55.4. The number of hydrogen-bond donors (Lipinski definition) is 1. The van der Waals surface area contributed by atoms with E-state index in [0.29, 0.717) is 0 Å². The Balaban J connectivity index is 1.28. The fourth-order valence-corrected chi connectivity index (χ4v) is 9.62. The molecular weight excluding hydrogens is 615 g/mol. The van der Waals surface area contributed by atoms with Crippen molar-refractivity contribution in [1.82, 2.24) is 0 Å². The molecule has 0 bridgehead atoms. The fourth-order valence-electron chi connectivity index (χ4n) is 9.62. The number of fused-ring (bicyclic) bond motifs is 8. The second kappa shape index (κ2) is 9.62. The predicted octanol–water partition coefficient (Wildman–Crippen LogP) is 14.1. The van der Waals surface area contributed by atoms with Gasteiger partial charge in [0, 0.05) is 12.7 Å². The minimum absolute atomic E-state index is 1.12. The Bertz CT molecular complexity index is 3370. The van der Waals surface area contributed by atoms with E-state index in [0.717, 1.165) is 5.69 Å². The molecule has 0 heterocycles. The van der Waals surface area contributed by atoms with E-state index >= 15 is 0 Å². The molecule has 0 atom stereocenters. The monoisotopic (exact) mass is 645 g/mol. The molecule has 51 heavy (non-hydrogen) atoms. The maximum atomic E-state index is 3.26. The zero-order valence-electron chi connectivity index (χ0n) is 28.4. The summed E-state index contributed by atoms with van der Waals surface area (Å²) in [5.41, 5.74) is 7.42. The summed E-state index contributed by atoms with van der Waals surface area (Å²) in [5, 5.41) is 27.6. The van der Waals surface area contributed by atoms with Gasteiger partial charge in [-0.15, -0.1) is 0 Å². The molecule has 0 fully saturated rings. The molecule has 0 saturated carbocycles. The Morgan fingerprint density at radius 3 is 1.51 bits per heavy atom. The van der Waals surface area contributed by atoms with Crippen LogP contribution in [0.2, 0.25) is 0 Å². The topological polar surface area (TPSA) is 12.0 Å². The van der Waals surface area contributed by atoms with Gasteiger partial charge < -0.3 is 5.32 Å². The van der Waals surface area contributed by atoms with E-state index in [4.69, 9.17) is 0 Å². The van der Waals surface area contributed by atoms with E-state index in [2.05, 4.69) is 158 Å². The molecule has 0 radical (unpaired) electrons. The molecule has 1 heteroatoms. The van der Waals surface area contributed by atoms with Crippen LogP contribution in [0.4, 0.5) is 5.69 Å². The van der Waals surface area contributed by atoms with Gasteiger partial charge in [0.1, 0.15) is 0 Å². The summed E-state index contributed by atoms with van der Waals surface area (Å²) in [6.07, 6.45) is 0. The highest BCUT2D eigenvalue weighted by molar-refractivity contribution is 6.51. The molecule has 0 saturated heterocycles. The van der Waals surface area contributed by atoms with Gasteiger partial charge in [-0.1, -0.05) is 133 Å². The first-order chi connectivity index (χ1) is 25.2. The third kappa shape index (κ3) is 3.46. The van der Waals surface area contributed by atoms with Gasteiger partial charge in [0.2, 0.25) is 0 Å². The molecule has 1 N–H and O–H groups in total. The molecular formula is C50H31N. The first kappa shape index (κ1) is 27.4. The zero-order valence-corrected chi connectivity index (χ0v) is 28.4. The minimum Gasteiger partial charge on any atom is -0.388 e. The Labute approximate surface area is 294 Å². The third-order valence-corrected chi connectivity index (χ3v) is 12.0. The lowest BCUT2D eigenvalue weighted by Gasteiger charge is -2.24. The van der Waals surface area contributed by atoms with E-state index < -0.39 is 0 Å². The van der Waals surface area contributed by atoms with Crippen molar-refractivity contribution in [3.63, 3.8) is 0 Å². The van der Waals surface area contributed by atoms with E-state index in [1.54, 1.807) is 0 Å². The summed E-state index contributed by atoms with van der Waals surface area (Å²) >= 11 is 0. The Kier molecular flexibility index (Phi) is 5.17. The maximum absolute atomic E-state index is 3.26. The largest absolute Gasteiger partial charge is 0.388 e. The molecule has 12 aromatic rings. The summed E-state index contributed by atoms with van der Waals surface area (Å²) in [5.74, 6) is 0. The van der Waals surface area contributed by atoms with E-state index in [9.17, 15) is 0 Å². The van der Waals surface area contributed by atoms with Gasteiger partial charge in [-0.3, -0.25) is 0 Å². The Hall–Kier alpha value is -6.44. The second-order valence-electron chi connectivity index (χ2n) is 14.5. The summed E-state index contributed by atoms with van der Waals surface area (Å²) < 4.78 is 0. The summed E-state index contributed by atoms with van der Waals surface area (Å²) in [7, 11) is 1.97. The van der Waals surface area contributed by atoms with Crippen LogP contribution in [0.3, 0.4) is 0 Å². The van der Waals surface area contributed by atoms with Crippen LogP contribution >= 0.6 is 0 Å². The van der Waals surface area contributed by atoms with Crippen molar-refractivity contribution in [3.05, 3.63) is 151 Å².